The molecule has 0 heterocycles. The van der Waals surface area contributed by atoms with E-state index >= 15 is 0 Å². The summed E-state index contributed by atoms with van der Waals surface area (Å²) in [6, 6.07) is 21.7. The summed E-state index contributed by atoms with van der Waals surface area (Å²) >= 11 is 0. The summed E-state index contributed by atoms with van der Waals surface area (Å²) in [4.78, 5) is 0. The van der Waals surface area contributed by atoms with Gasteiger partial charge in [0.15, 0.2) is 0 Å². The van der Waals surface area contributed by atoms with Gasteiger partial charge in [0.05, 0.1) is 0 Å². The van der Waals surface area contributed by atoms with E-state index in [2.05, 4.69) is 125 Å². The summed E-state index contributed by atoms with van der Waals surface area (Å²) in [6.45, 7) is 15.6. The van der Waals surface area contributed by atoms with Crippen LogP contribution in [0.15, 0.2) is 84.7 Å². The molecular formula is C26H42N5P. The van der Waals surface area contributed by atoms with Crippen LogP contribution < -0.4 is 38.4 Å². The van der Waals surface area contributed by atoms with Crippen molar-refractivity contribution in [1.29, 1.82) is 0 Å². The predicted octanol–water partition coefficient (Wildman–Crippen LogP) is 2.90. The average molecular weight is 456 g/mol. The van der Waals surface area contributed by atoms with Crippen LogP contribution in [0.25, 0.3) is 0 Å². The van der Waals surface area contributed by atoms with Gasteiger partial charge in [0.25, 0.3) is 0 Å². The molecule has 2 rings (SSSR count). The molecule has 0 saturated carbocycles. The summed E-state index contributed by atoms with van der Waals surface area (Å²) in [7, 11) is -2.43. The second kappa shape index (κ2) is 10.8. The molecule has 1 atom stereocenters. The van der Waals surface area contributed by atoms with Crippen LogP contribution in [0.3, 0.4) is 0 Å². The van der Waals surface area contributed by atoms with Gasteiger partial charge in [-0.1, -0.05) is 0 Å². The van der Waals surface area contributed by atoms with Crippen molar-refractivity contribution in [3.63, 3.8) is 0 Å². The van der Waals surface area contributed by atoms with Crippen LogP contribution in [0.4, 0.5) is 0 Å². The van der Waals surface area contributed by atoms with Gasteiger partial charge in [-0.15, -0.1) is 0 Å². The maximum atomic E-state index is 6.25. The zero-order chi connectivity index (χ0) is 24.0. The fourth-order valence-corrected chi connectivity index (χ4v) is 9.81. The number of rotatable bonds is 11. The second-order valence-electron chi connectivity index (χ2n) is 9.66. The Morgan fingerprint density at radius 3 is 1.81 bits per heavy atom. The van der Waals surface area contributed by atoms with Crippen molar-refractivity contribution in [2.75, 3.05) is 6.16 Å². The van der Waals surface area contributed by atoms with E-state index in [4.69, 9.17) is 17.2 Å². The van der Waals surface area contributed by atoms with E-state index in [9.17, 15) is 0 Å². The third-order valence-corrected chi connectivity index (χ3v) is 12.1. The molecule has 0 aliphatic rings. The van der Waals surface area contributed by atoms with Crippen molar-refractivity contribution in [2.24, 2.45) is 22.6 Å². The van der Waals surface area contributed by atoms with Gasteiger partial charge in [-0.3, -0.25) is 0 Å². The van der Waals surface area contributed by atoms with E-state index in [-0.39, 0.29) is 11.0 Å². The average Bonchev–Trinajstić information content (AvgIpc) is 2.72. The molecule has 8 N–H and O–H groups in total. The monoisotopic (exact) mass is 455 g/mol. The first kappa shape index (κ1) is 26.4. The van der Waals surface area contributed by atoms with Crippen LogP contribution in [-0.2, 0) is 0 Å². The van der Waals surface area contributed by atoms with Crippen LogP contribution in [0, 0.1) is 5.41 Å². The van der Waals surface area contributed by atoms with Crippen LogP contribution in [-0.4, -0.2) is 24.3 Å². The summed E-state index contributed by atoms with van der Waals surface area (Å²) in [5.74, 6) is 0. The SMILES string of the molecule is C=C(/C=C\C)[PH](CC(C)(C)C(C)(C)NC(N)NC(N)N)(c1ccccc1)c1ccccc1. The zero-order valence-electron chi connectivity index (χ0n) is 20.2. The third kappa shape index (κ3) is 5.93. The van der Waals surface area contributed by atoms with Gasteiger partial charge in [0.2, 0.25) is 0 Å². The van der Waals surface area contributed by atoms with Crippen LogP contribution in [0.2, 0.25) is 0 Å². The van der Waals surface area contributed by atoms with Gasteiger partial charge in [-0.25, -0.2) is 0 Å². The maximum absolute atomic E-state index is 6.25. The van der Waals surface area contributed by atoms with Crippen molar-refractivity contribution in [2.45, 2.75) is 52.7 Å². The Morgan fingerprint density at radius 1 is 0.938 bits per heavy atom. The topological polar surface area (TPSA) is 102 Å². The van der Waals surface area contributed by atoms with E-state index < -0.39 is 19.8 Å². The Morgan fingerprint density at radius 2 is 1.41 bits per heavy atom. The molecule has 0 aliphatic heterocycles. The molecular weight excluding hydrogens is 413 g/mol. The van der Waals surface area contributed by atoms with Crippen LogP contribution in [0.1, 0.15) is 34.6 Å². The molecule has 0 spiro atoms. The summed E-state index contributed by atoms with van der Waals surface area (Å²) in [6.07, 6.45) is 4.01. The molecule has 5 nitrogen and oxygen atoms in total. The second-order valence-corrected chi connectivity index (χ2v) is 13.6. The first-order chi connectivity index (χ1) is 15.0. The molecule has 0 aliphatic carbocycles. The summed E-state index contributed by atoms with van der Waals surface area (Å²) in [5, 5.41) is 10.3. The minimum absolute atomic E-state index is 0.159. The number of hydrogen-bond acceptors (Lipinski definition) is 5. The molecule has 0 fully saturated rings. The number of nitrogens with one attached hydrogen (secondary N) is 2. The van der Waals surface area contributed by atoms with Crippen LogP contribution in [0.5, 0.6) is 0 Å². The summed E-state index contributed by atoms with van der Waals surface area (Å²) < 4.78 is 0. The first-order valence-electron chi connectivity index (χ1n) is 11.2. The minimum atomic E-state index is -2.43. The van der Waals surface area contributed by atoms with Crippen LogP contribution >= 0.6 is 7.26 Å². The number of nitrogens with two attached hydrogens (primary N) is 3. The molecule has 2 aromatic carbocycles. The molecule has 0 aromatic heterocycles. The normalized spacial score (nSPS) is 14.7. The van der Waals surface area contributed by atoms with Gasteiger partial charge in [0, 0.05) is 0 Å². The van der Waals surface area contributed by atoms with E-state index in [0.29, 0.717) is 0 Å². The van der Waals surface area contributed by atoms with Crippen molar-refractivity contribution >= 4 is 17.9 Å². The van der Waals surface area contributed by atoms with Crippen molar-refractivity contribution in [3.8, 4) is 0 Å². The standard InChI is InChI=1S/C26H42N5P/c1-7-14-20(2)32(21-15-10-8-11-16-21,22-17-12-9-13-18-22)19-25(3,4)26(5,6)31-24(29)30-23(27)28/h7-18,23-24,30-32H,2,19,27-29H2,1,3-6H3/b14-7-. The van der Waals surface area contributed by atoms with Gasteiger partial charge < -0.3 is 0 Å². The van der Waals surface area contributed by atoms with Gasteiger partial charge >= 0.3 is 195 Å². The zero-order valence-corrected chi connectivity index (χ0v) is 21.2. The molecule has 0 amide bonds. The fraction of sp³-hybridized carbons (Fsp3) is 0.385. The predicted molar refractivity (Wildman–Crippen MR) is 144 cm³/mol. The Labute approximate surface area is 194 Å². The Hall–Kier alpha value is -1.85. The molecule has 6 heteroatoms. The molecule has 2 aromatic rings. The van der Waals surface area contributed by atoms with E-state index in [0.717, 1.165) is 6.16 Å². The Kier molecular flexibility index (Phi) is 8.95. The molecule has 0 bridgehead atoms. The third-order valence-electron chi connectivity index (χ3n) is 6.74. The summed E-state index contributed by atoms with van der Waals surface area (Å²) in [5.41, 5.74) is 17.1. The fourth-order valence-electron chi connectivity index (χ4n) is 4.36. The van der Waals surface area contributed by atoms with Gasteiger partial charge in [0.1, 0.15) is 0 Å². The van der Waals surface area contributed by atoms with Crippen molar-refractivity contribution < 1.29 is 0 Å². The van der Waals surface area contributed by atoms with E-state index in [1.165, 1.54) is 15.9 Å². The number of allylic oxidation sites excluding steroid dienone is 3. The molecule has 176 valence electrons. The van der Waals surface area contributed by atoms with Gasteiger partial charge in [-0.2, -0.15) is 0 Å². The molecule has 32 heavy (non-hydrogen) atoms. The van der Waals surface area contributed by atoms with Gasteiger partial charge in [-0.05, 0) is 0 Å². The Bertz CT molecular complexity index is 851. The number of benzene rings is 2. The first-order valence-corrected chi connectivity index (χ1v) is 13.4. The Balaban J connectivity index is 2.63. The van der Waals surface area contributed by atoms with E-state index in [1.54, 1.807) is 0 Å². The number of hydrogen-bond donors (Lipinski definition) is 5. The molecule has 0 saturated heterocycles. The quantitative estimate of drug-likeness (QED) is 0.204. The van der Waals surface area contributed by atoms with Crippen molar-refractivity contribution in [3.05, 3.63) is 84.7 Å². The molecule has 0 radical (unpaired) electrons. The van der Waals surface area contributed by atoms with E-state index in [1.807, 2.05) is 0 Å². The molecule has 1 unspecified atom stereocenters. The van der Waals surface area contributed by atoms with Crippen molar-refractivity contribution in [1.82, 2.24) is 10.6 Å².